The molecule has 0 saturated heterocycles. The van der Waals surface area contributed by atoms with E-state index in [9.17, 15) is 9.59 Å². The number of carbonyl (C=O) groups is 2. The molecular weight excluding hydrogens is 282 g/mol. The number of methoxy groups -OCH3 is 1. The zero-order chi connectivity index (χ0) is 15.9. The SMILES string of the molecule is COc1ccc(C(=O)COC(=O)c2cccc(C#N)c2)cc1. The van der Waals surface area contributed by atoms with Gasteiger partial charge in [-0.25, -0.2) is 4.79 Å². The Morgan fingerprint density at radius 2 is 1.82 bits per heavy atom. The lowest BCUT2D eigenvalue weighted by atomic mass is 10.1. The number of carbonyl (C=O) groups excluding carboxylic acids is 2. The second-order valence-electron chi connectivity index (χ2n) is 4.42. The van der Waals surface area contributed by atoms with Crippen LogP contribution in [0.3, 0.4) is 0 Å². The zero-order valence-corrected chi connectivity index (χ0v) is 11.9. The molecule has 2 aromatic rings. The second kappa shape index (κ2) is 7.04. The number of nitriles is 1. The summed E-state index contributed by atoms with van der Waals surface area (Å²) in [6, 6.07) is 14.6. The molecule has 2 aromatic carbocycles. The van der Waals surface area contributed by atoms with Gasteiger partial charge in [-0.3, -0.25) is 4.79 Å². The van der Waals surface area contributed by atoms with Gasteiger partial charge in [0.1, 0.15) is 5.75 Å². The fourth-order valence-electron chi connectivity index (χ4n) is 1.79. The summed E-state index contributed by atoms with van der Waals surface area (Å²) in [7, 11) is 1.54. The molecule has 0 saturated carbocycles. The summed E-state index contributed by atoms with van der Waals surface area (Å²) < 4.78 is 9.97. The summed E-state index contributed by atoms with van der Waals surface area (Å²) in [5.41, 5.74) is 1.02. The number of nitrogens with zero attached hydrogens (tertiary/aromatic N) is 1. The minimum atomic E-state index is -0.640. The van der Waals surface area contributed by atoms with E-state index in [1.54, 1.807) is 36.4 Å². The van der Waals surface area contributed by atoms with Crippen LogP contribution in [0.1, 0.15) is 26.3 Å². The normalized spacial score (nSPS) is 9.64. The first-order chi connectivity index (χ1) is 10.6. The molecule has 0 radical (unpaired) electrons. The van der Waals surface area contributed by atoms with Crippen LogP contribution in [-0.4, -0.2) is 25.5 Å². The van der Waals surface area contributed by atoms with Gasteiger partial charge >= 0.3 is 5.97 Å². The van der Waals surface area contributed by atoms with Crippen LogP contribution in [0.15, 0.2) is 48.5 Å². The third-order valence-corrected chi connectivity index (χ3v) is 2.97. The van der Waals surface area contributed by atoms with Gasteiger partial charge in [-0.2, -0.15) is 5.26 Å². The van der Waals surface area contributed by atoms with Gasteiger partial charge in [0.05, 0.1) is 24.3 Å². The van der Waals surface area contributed by atoms with Gasteiger partial charge in [0.2, 0.25) is 0 Å². The molecule has 0 aliphatic heterocycles. The van der Waals surface area contributed by atoms with Crippen LogP contribution in [0, 0.1) is 11.3 Å². The van der Waals surface area contributed by atoms with Crippen LogP contribution >= 0.6 is 0 Å². The van der Waals surface area contributed by atoms with Crippen LogP contribution in [-0.2, 0) is 4.74 Å². The third-order valence-electron chi connectivity index (χ3n) is 2.97. The highest BCUT2D eigenvalue weighted by atomic mass is 16.5. The van der Waals surface area contributed by atoms with Crippen molar-refractivity contribution in [3.63, 3.8) is 0 Å². The van der Waals surface area contributed by atoms with Crippen molar-refractivity contribution in [3.8, 4) is 11.8 Å². The topological polar surface area (TPSA) is 76.4 Å². The maximum Gasteiger partial charge on any atom is 0.338 e. The number of hydrogen-bond acceptors (Lipinski definition) is 5. The Morgan fingerprint density at radius 1 is 1.09 bits per heavy atom. The van der Waals surface area contributed by atoms with Gasteiger partial charge in [-0.15, -0.1) is 0 Å². The number of benzene rings is 2. The predicted octanol–water partition coefficient (Wildman–Crippen LogP) is 2.61. The van der Waals surface area contributed by atoms with Crippen LogP contribution in [0.4, 0.5) is 0 Å². The van der Waals surface area contributed by atoms with Gasteiger partial charge < -0.3 is 9.47 Å². The van der Waals surface area contributed by atoms with E-state index in [0.717, 1.165) is 0 Å². The van der Waals surface area contributed by atoms with E-state index in [1.165, 1.54) is 19.2 Å². The van der Waals surface area contributed by atoms with E-state index in [2.05, 4.69) is 0 Å². The molecule has 5 nitrogen and oxygen atoms in total. The Labute approximate surface area is 127 Å². The highest BCUT2D eigenvalue weighted by Crippen LogP contribution is 2.12. The van der Waals surface area contributed by atoms with Crippen LogP contribution in [0.25, 0.3) is 0 Å². The fourth-order valence-corrected chi connectivity index (χ4v) is 1.79. The Morgan fingerprint density at radius 3 is 2.45 bits per heavy atom. The lowest BCUT2D eigenvalue weighted by molar-refractivity contribution is 0.0474. The Hall–Kier alpha value is -3.13. The summed E-state index contributed by atoms with van der Waals surface area (Å²) in [6.07, 6.45) is 0. The summed E-state index contributed by atoms with van der Waals surface area (Å²) in [4.78, 5) is 23.8. The standard InChI is InChI=1S/C17H13NO4/c1-21-15-7-5-13(6-8-15)16(19)11-22-17(20)14-4-2-3-12(9-14)10-18/h2-9H,11H2,1H3. The first-order valence-corrected chi connectivity index (χ1v) is 6.48. The molecule has 0 aliphatic rings. The quantitative estimate of drug-likeness (QED) is 0.626. The molecule has 0 unspecified atom stereocenters. The lowest BCUT2D eigenvalue weighted by Crippen LogP contribution is -2.14. The highest BCUT2D eigenvalue weighted by Gasteiger charge is 2.12. The number of rotatable bonds is 5. The van der Waals surface area contributed by atoms with Gasteiger partial charge in [-0.1, -0.05) is 6.07 Å². The Balaban J connectivity index is 1.97. The minimum Gasteiger partial charge on any atom is -0.497 e. The lowest BCUT2D eigenvalue weighted by Gasteiger charge is -2.05. The average Bonchev–Trinajstić information content (AvgIpc) is 2.59. The molecular formula is C17H13NO4. The Kier molecular flexibility index (Phi) is 4.89. The highest BCUT2D eigenvalue weighted by molar-refractivity contribution is 5.99. The van der Waals surface area contributed by atoms with E-state index in [0.29, 0.717) is 16.9 Å². The van der Waals surface area contributed by atoms with Crippen molar-refractivity contribution in [1.82, 2.24) is 0 Å². The van der Waals surface area contributed by atoms with Crippen LogP contribution < -0.4 is 4.74 Å². The molecule has 5 heteroatoms. The van der Waals surface area contributed by atoms with Crippen molar-refractivity contribution in [2.45, 2.75) is 0 Å². The monoisotopic (exact) mass is 295 g/mol. The number of hydrogen-bond donors (Lipinski definition) is 0. The number of Topliss-reactive ketones (excluding diaryl/α,β-unsaturated/α-hetero) is 1. The molecule has 2 rings (SSSR count). The molecule has 0 aliphatic carbocycles. The minimum absolute atomic E-state index is 0.238. The molecule has 0 fully saturated rings. The van der Waals surface area contributed by atoms with E-state index >= 15 is 0 Å². The zero-order valence-electron chi connectivity index (χ0n) is 11.9. The maximum absolute atomic E-state index is 11.9. The molecule has 22 heavy (non-hydrogen) atoms. The first-order valence-electron chi connectivity index (χ1n) is 6.48. The van der Waals surface area contributed by atoms with Crippen LogP contribution in [0.5, 0.6) is 5.75 Å². The van der Waals surface area contributed by atoms with Gasteiger partial charge in [0.25, 0.3) is 0 Å². The van der Waals surface area contributed by atoms with Gasteiger partial charge in [0.15, 0.2) is 12.4 Å². The first kappa shape index (κ1) is 15.3. The molecule has 110 valence electrons. The van der Waals surface area contributed by atoms with Gasteiger partial charge in [-0.05, 0) is 42.5 Å². The smallest absolute Gasteiger partial charge is 0.338 e. The number of ether oxygens (including phenoxy) is 2. The van der Waals surface area contributed by atoms with Crippen LogP contribution in [0.2, 0.25) is 0 Å². The molecule has 0 aromatic heterocycles. The summed E-state index contributed by atoms with van der Waals surface area (Å²) >= 11 is 0. The number of esters is 1. The molecule has 0 N–H and O–H groups in total. The molecule has 0 amide bonds. The number of ketones is 1. The summed E-state index contributed by atoms with van der Waals surface area (Å²) in [6.45, 7) is -0.359. The maximum atomic E-state index is 11.9. The van der Waals surface area contributed by atoms with Gasteiger partial charge in [0, 0.05) is 5.56 Å². The van der Waals surface area contributed by atoms with Crippen molar-refractivity contribution >= 4 is 11.8 Å². The summed E-state index contributed by atoms with van der Waals surface area (Å²) in [5, 5.41) is 8.79. The van der Waals surface area contributed by atoms with E-state index < -0.39 is 5.97 Å². The molecule has 0 heterocycles. The van der Waals surface area contributed by atoms with Crippen molar-refractivity contribution in [2.24, 2.45) is 0 Å². The molecule has 0 spiro atoms. The van der Waals surface area contributed by atoms with Crippen molar-refractivity contribution in [3.05, 3.63) is 65.2 Å². The molecule has 0 atom stereocenters. The summed E-state index contributed by atoms with van der Waals surface area (Å²) in [5.74, 6) is -0.312. The van der Waals surface area contributed by atoms with Crippen molar-refractivity contribution in [1.29, 1.82) is 5.26 Å². The predicted molar refractivity (Wildman–Crippen MR) is 78.8 cm³/mol. The second-order valence-corrected chi connectivity index (χ2v) is 4.42. The fraction of sp³-hybridized carbons (Fsp3) is 0.118. The van der Waals surface area contributed by atoms with E-state index in [4.69, 9.17) is 14.7 Å². The van der Waals surface area contributed by atoms with E-state index in [1.807, 2.05) is 6.07 Å². The van der Waals surface area contributed by atoms with E-state index in [-0.39, 0.29) is 18.0 Å². The largest absolute Gasteiger partial charge is 0.497 e. The van der Waals surface area contributed by atoms with Crippen molar-refractivity contribution in [2.75, 3.05) is 13.7 Å². The third kappa shape index (κ3) is 3.70. The Bertz CT molecular complexity index is 729. The molecule has 0 bridgehead atoms. The van der Waals surface area contributed by atoms with Crippen molar-refractivity contribution < 1.29 is 19.1 Å². The average molecular weight is 295 g/mol.